The topological polar surface area (TPSA) is 135 Å². The predicted molar refractivity (Wildman–Crippen MR) is 138 cm³/mol. The number of alkyl halides is 2. The van der Waals surface area contributed by atoms with E-state index in [0.717, 1.165) is 5.56 Å². The molecule has 0 spiro atoms. The highest BCUT2D eigenvalue weighted by Crippen LogP contribution is 2.39. The molecule has 0 bridgehead atoms. The summed E-state index contributed by atoms with van der Waals surface area (Å²) < 4.78 is 38.5. The maximum absolute atomic E-state index is 13.9. The first-order valence-electron chi connectivity index (χ1n) is 13.0. The summed E-state index contributed by atoms with van der Waals surface area (Å²) in [7, 11) is -1.83. The van der Waals surface area contributed by atoms with E-state index in [4.69, 9.17) is 9.47 Å². The number of nitrogens with zero attached hydrogens (tertiary/aromatic N) is 3. The summed E-state index contributed by atoms with van der Waals surface area (Å²) in [5.74, 6) is -4.32. The van der Waals surface area contributed by atoms with Crippen molar-refractivity contribution in [1.82, 2.24) is 15.1 Å². The molecule has 13 heteroatoms. The number of hydrogen-bond donors (Lipinski definition) is 3. The van der Waals surface area contributed by atoms with Crippen LogP contribution in [0.25, 0.3) is 0 Å². The van der Waals surface area contributed by atoms with Crippen molar-refractivity contribution in [1.29, 1.82) is 5.26 Å². The van der Waals surface area contributed by atoms with Gasteiger partial charge in [0.25, 0.3) is 5.92 Å². The molecule has 214 valence electrons. The molecule has 1 aromatic rings. The first kappa shape index (κ1) is 30.8. The molecule has 0 aliphatic carbocycles. The average molecular weight is 550 g/mol. The third kappa shape index (κ3) is 8.11. The zero-order valence-electron chi connectivity index (χ0n) is 22.6. The summed E-state index contributed by atoms with van der Waals surface area (Å²) in [6.45, 7) is 4.97. The van der Waals surface area contributed by atoms with Crippen molar-refractivity contribution in [2.45, 2.75) is 63.5 Å². The van der Waals surface area contributed by atoms with Crippen molar-refractivity contribution in [3.05, 3.63) is 35.9 Å². The van der Waals surface area contributed by atoms with E-state index in [2.05, 4.69) is 11.4 Å². The Kier molecular flexibility index (Phi) is 9.93. The molecular formula is C26H37BF2N4O6. The van der Waals surface area contributed by atoms with Gasteiger partial charge in [-0.25, -0.2) is 13.6 Å². The van der Waals surface area contributed by atoms with Crippen LogP contribution in [0.15, 0.2) is 30.3 Å². The molecule has 0 radical (unpaired) electrons. The first-order chi connectivity index (χ1) is 18.3. The summed E-state index contributed by atoms with van der Waals surface area (Å²) in [5.41, 5.74) is -1.57. The Bertz CT molecular complexity index is 1040. The molecule has 1 unspecified atom stereocenters. The van der Waals surface area contributed by atoms with Crippen LogP contribution in [0, 0.1) is 16.7 Å². The first-order valence-corrected chi connectivity index (χ1v) is 13.0. The third-order valence-electron chi connectivity index (χ3n) is 7.39. The van der Waals surface area contributed by atoms with Crippen molar-refractivity contribution < 1.29 is 37.9 Å². The maximum Gasteiger partial charge on any atom is 0.475 e. The fraction of sp³-hybridized carbons (Fsp3) is 0.654. The van der Waals surface area contributed by atoms with E-state index in [0.29, 0.717) is 0 Å². The van der Waals surface area contributed by atoms with E-state index in [9.17, 15) is 33.7 Å². The summed E-state index contributed by atoms with van der Waals surface area (Å²) in [5, 5.41) is 31.9. The van der Waals surface area contributed by atoms with Crippen LogP contribution >= 0.6 is 0 Å². The summed E-state index contributed by atoms with van der Waals surface area (Å²) in [6, 6.07) is 10.4. The zero-order valence-corrected chi connectivity index (χ0v) is 22.6. The van der Waals surface area contributed by atoms with E-state index in [1.807, 2.05) is 6.07 Å². The van der Waals surface area contributed by atoms with Crippen LogP contribution in [-0.2, 0) is 20.7 Å². The van der Waals surface area contributed by atoms with E-state index in [-0.39, 0.29) is 52.2 Å². The Labute approximate surface area is 228 Å². The molecule has 10 nitrogen and oxygen atoms in total. The lowest BCUT2D eigenvalue weighted by Gasteiger charge is -2.43. The number of hydrogen-bond acceptors (Lipinski definition) is 8. The molecule has 1 aromatic carbocycles. The molecule has 3 N–H and O–H groups in total. The molecule has 2 aliphatic heterocycles. The van der Waals surface area contributed by atoms with Gasteiger partial charge >= 0.3 is 13.2 Å². The number of carbonyl (C=O) groups excluding carboxylic acids is 2. The van der Waals surface area contributed by atoms with Crippen LogP contribution in [0.1, 0.15) is 39.2 Å². The number of nitriles is 1. The number of carbonyl (C=O) groups is 2. The molecule has 0 aromatic heterocycles. The average Bonchev–Trinajstić information content (AvgIpc) is 3.27. The van der Waals surface area contributed by atoms with Crippen LogP contribution in [-0.4, -0.2) is 102 Å². The predicted octanol–water partition coefficient (Wildman–Crippen LogP) is 1.60. The number of halogens is 2. The molecular weight excluding hydrogens is 513 g/mol. The lowest BCUT2D eigenvalue weighted by Crippen LogP contribution is -2.57. The highest BCUT2D eigenvalue weighted by atomic mass is 19.3. The molecule has 0 saturated carbocycles. The van der Waals surface area contributed by atoms with Crippen molar-refractivity contribution in [3.63, 3.8) is 0 Å². The van der Waals surface area contributed by atoms with Crippen LogP contribution in [0.4, 0.5) is 13.6 Å². The number of morpholine rings is 1. The lowest BCUT2D eigenvalue weighted by atomic mass is 9.76. The van der Waals surface area contributed by atoms with Gasteiger partial charge in [-0.05, 0) is 39.2 Å². The molecule has 3 atom stereocenters. The summed E-state index contributed by atoms with van der Waals surface area (Å²) in [6.07, 6.45) is -0.977. The molecule has 39 heavy (non-hydrogen) atoms. The van der Waals surface area contributed by atoms with Gasteiger partial charge in [0.2, 0.25) is 5.91 Å². The Morgan fingerprint density at radius 1 is 1.28 bits per heavy atom. The number of rotatable bonds is 10. The molecule has 2 saturated heterocycles. The Hall–Kier alpha value is -2.79. The second-order valence-corrected chi connectivity index (χ2v) is 11.1. The van der Waals surface area contributed by atoms with Crippen molar-refractivity contribution in [2.24, 2.45) is 5.41 Å². The van der Waals surface area contributed by atoms with E-state index < -0.39 is 54.5 Å². The van der Waals surface area contributed by atoms with Gasteiger partial charge < -0.3 is 29.7 Å². The minimum atomic E-state index is -2.80. The smallest absolute Gasteiger partial charge is 0.447 e. The number of nitrogens with one attached hydrogen (secondary N) is 1. The van der Waals surface area contributed by atoms with Crippen LogP contribution in [0.5, 0.6) is 0 Å². The summed E-state index contributed by atoms with van der Waals surface area (Å²) in [4.78, 5) is 29.2. The van der Waals surface area contributed by atoms with Gasteiger partial charge in [0.05, 0.1) is 37.8 Å². The second-order valence-electron chi connectivity index (χ2n) is 11.1. The molecule has 2 amide bonds. The number of ether oxygens (including phenoxy) is 2. The molecule has 3 rings (SSSR count). The highest BCUT2D eigenvalue weighted by Gasteiger charge is 2.49. The zero-order chi connectivity index (χ0) is 28.8. The van der Waals surface area contributed by atoms with Gasteiger partial charge in [-0.2, -0.15) is 5.26 Å². The van der Waals surface area contributed by atoms with E-state index in [1.54, 1.807) is 43.0 Å². The van der Waals surface area contributed by atoms with Crippen molar-refractivity contribution in [2.75, 3.05) is 39.5 Å². The molecule has 2 heterocycles. The minimum absolute atomic E-state index is 0.0341. The van der Waals surface area contributed by atoms with Crippen molar-refractivity contribution in [3.8, 4) is 6.07 Å². The van der Waals surface area contributed by atoms with Gasteiger partial charge in [-0.1, -0.05) is 30.3 Å². The van der Waals surface area contributed by atoms with E-state index >= 15 is 0 Å². The number of amides is 2. The van der Waals surface area contributed by atoms with Gasteiger partial charge in [-0.15, -0.1) is 0 Å². The Balaban J connectivity index is 1.63. The fourth-order valence-corrected chi connectivity index (χ4v) is 5.23. The molecule has 2 fully saturated rings. The third-order valence-corrected chi connectivity index (χ3v) is 7.39. The van der Waals surface area contributed by atoms with Crippen LogP contribution in [0.2, 0.25) is 0 Å². The minimum Gasteiger partial charge on any atom is -0.447 e. The van der Waals surface area contributed by atoms with Gasteiger partial charge in [0.1, 0.15) is 12.0 Å². The number of alkyl carbamates (subject to hydrolysis) is 1. The van der Waals surface area contributed by atoms with Crippen LogP contribution < -0.4 is 5.32 Å². The SMILES string of the molecule is CC(C#N)(CC(C)(C)N1CCC(F)(F)C1)C(=O)N1CCOC[C@@H]1COC(=O)N[C@@H](Cc1ccccc1)B(O)O. The van der Waals surface area contributed by atoms with E-state index in [1.165, 1.54) is 11.8 Å². The number of benzene rings is 1. The van der Waals surface area contributed by atoms with Gasteiger partial charge in [0.15, 0.2) is 0 Å². The van der Waals surface area contributed by atoms with Crippen molar-refractivity contribution >= 4 is 19.1 Å². The summed E-state index contributed by atoms with van der Waals surface area (Å²) >= 11 is 0. The Morgan fingerprint density at radius 2 is 1.97 bits per heavy atom. The second kappa shape index (κ2) is 12.6. The monoisotopic (exact) mass is 550 g/mol. The highest BCUT2D eigenvalue weighted by molar-refractivity contribution is 6.43. The lowest BCUT2D eigenvalue weighted by molar-refractivity contribution is -0.150. The van der Waals surface area contributed by atoms with Gasteiger partial charge in [0, 0.05) is 25.0 Å². The maximum atomic E-state index is 13.9. The molecule has 2 aliphatic rings. The quantitative estimate of drug-likeness (QED) is 0.374. The normalized spacial score (nSPS) is 21.9. The largest absolute Gasteiger partial charge is 0.475 e. The Morgan fingerprint density at radius 3 is 2.56 bits per heavy atom. The fourth-order valence-electron chi connectivity index (χ4n) is 5.23. The standard InChI is InChI=1S/C26H37BF2N4O6/c1-24(2,32-10-9-26(28,29)18-32)16-25(3,17-30)22(34)33-11-12-38-14-20(33)15-39-23(35)31-21(27(36)37)13-19-7-5-4-6-8-19/h4-8,20-21,36-37H,9-16,18H2,1-3H3,(H,31,35)/t20-,21+,25?/m1/s1. The van der Waals surface area contributed by atoms with Crippen LogP contribution in [0.3, 0.4) is 0 Å². The van der Waals surface area contributed by atoms with Gasteiger partial charge in [-0.3, -0.25) is 9.69 Å². The number of likely N-dealkylation sites (tertiary alicyclic amines) is 1.